The largest absolute Gasteiger partial charge is 0.479 e. The van der Waals surface area contributed by atoms with Crippen molar-refractivity contribution < 1.29 is 15.0 Å². The predicted octanol–water partition coefficient (Wildman–Crippen LogP) is 2.35. The van der Waals surface area contributed by atoms with Crippen molar-refractivity contribution in [2.24, 2.45) is 0 Å². The SMILES string of the molecule is CC=CCCCCCCC(O)C(=O)O. The zero-order valence-electron chi connectivity index (χ0n) is 8.78. The van der Waals surface area contributed by atoms with Crippen LogP contribution in [0.1, 0.15) is 45.4 Å². The maximum atomic E-state index is 10.2. The normalized spacial score (nSPS) is 13.3. The summed E-state index contributed by atoms with van der Waals surface area (Å²) < 4.78 is 0. The second kappa shape index (κ2) is 8.75. The minimum absolute atomic E-state index is 0.374. The standard InChI is InChI=1S/C11H20O3/c1-2-3-4-5-6-7-8-9-10(12)11(13)14/h2-3,10,12H,4-9H2,1H3,(H,13,14). The topological polar surface area (TPSA) is 57.5 Å². The third-order valence-electron chi connectivity index (χ3n) is 2.12. The Hall–Kier alpha value is -0.830. The molecule has 14 heavy (non-hydrogen) atoms. The second-order valence-electron chi connectivity index (χ2n) is 3.41. The number of allylic oxidation sites excluding steroid dienone is 2. The monoisotopic (exact) mass is 200 g/mol. The van der Waals surface area contributed by atoms with Crippen molar-refractivity contribution in [1.82, 2.24) is 0 Å². The first-order valence-electron chi connectivity index (χ1n) is 5.20. The fourth-order valence-electron chi connectivity index (χ4n) is 1.24. The van der Waals surface area contributed by atoms with E-state index in [1.807, 2.05) is 13.0 Å². The zero-order chi connectivity index (χ0) is 10.8. The van der Waals surface area contributed by atoms with Crippen LogP contribution in [-0.4, -0.2) is 22.3 Å². The molecule has 0 rings (SSSR count). The van der Waals surface area contributed by atoms with Gasteiger partial charge in [-0.25, -0.2) is 4.79 Å². The molecule has 0 aliphatic carbocycles. The molecular formula is C11H20O3. The highest BCUT2D eigenvalue weighted by Crippen LogP contribution is 2.07. The number of carbonyl (C=O) groups is 1. The number of rotatable bonds is 8. The molecule has 0 amide bonds. The molecule has 3 heteroatoms. The van der Waals surface area contributed by atoms with Gasteiger partial charge in [0.2, 0.25) is 0 Å². The van der Waals surface area contributed by atoms with Gasteiger partial charge in [-0.3, -0.25) is 0 Å². The summed E-state index contributed by atoms with van der Waals surface area (Å²) in [6, 6.07) is 0. The van der Waals surface area contributed by atoms with Gasteiger partial charge in [-0.2, -0.15) is 0 Å². The maximum absolute atomic E-state index is 10.2. The van der Waals surface area contributed by atoms with Gasteiger partial charge in [-0.1, -0.05) is 31.4 Å². The van der Waals surface area contributed by atoms with E-state index in [1.165, 1.54) is 0 Å². The summed E-state index contributed by atoms with van der Waals surface area (Å²) in [5.41, 5.74) is 0. The molecule has 0 aromatic rings. The van der Waals surface area contributed by atoms with Gasteiger partial charge < -0.3 is 10.2 Å². The van der Waals surface area contributed by atoms with Crippen LogP contribution < -0.4 is 0 Å². The molecule has 3 nitrogen and oxygen atoms in total. The van der Waals surface area contributed by atoms with Crippen LogP contribution in [0.15, 0.2) is 12.2 Å². The van der Waals surface area contributed by atoms with E-state index >= 15 is 0 Å². The summed E-state index contributed by atoms with van der Waals surface area (Å²) in [5, 5.41) is 17.4. The Morgan fingerprint density at radius 3 is 2.50 bits per heavy atom. The van der Waals surface area contributed by atoms with Crippen molar-refractivity contribution in [2.45, 2.75) is 51.6 Å². The molecule has 0 heterocycles. The van der Waals surface area contributed by atoms with Gasteiger partial charge in [0, 0.05) is 0 Å². The van der Waals surface area contributed by atoms with E-state index in [-0.39, 0.29) is 0 Å². The number of aliphatic carboxylic acids is 1. The van der Waals surface area contributed by atoms with Gasteiger partial charge in [-0.15, -0.1) is 0 Å². The van der Waals surface area contributed by atoms with E-state index in [0.717, 1.165) is 32.1 Å². The molecule has 0 spiro atoms. The lowest BCUT2D eigenvalue weighted by Crippen LogP contribution is -2.18. The van der Waals surface area contributed by atoms with E-state index in [0.29, 0.717) is 6.42 Å². The molecule has 82 valence electrons. The summed E-state index contributed by atoms with van der Waals surface area (Å²) in [5.74, 6) is -1.11. The minimum atomic E-state index is -1.18. The fraction of sp³-hybridized carbons (Fsp3) is 0.727. The molecule has 0 aromatic carbocycles. The van der Waals surface area contributed by atoms with Crippen LogP contribution in [0.2, 0.25) is 0 Å². The fourth-order valence-corrected chi connectivity index (χ4v) is 1.24. The first-order chi connectivity index (χ1) is 6.68. The third kappa shape index (κ3) is 7.80. The van der Waals surface area contributed by atoms with Crippen molar-refractivity contribution in [3.63, 3.8) is 0 Å². The lowest BCUT2D eigenvalue weighted by atomic mass is 10.1. The van der Waals surface area contributed by atoms with Gasteiger partial charge in [0.25, 0.3) is 0 Å². The first kappa shape index (κ1) is 13.2. The first-order valence-corrected chi connectivity index (χ1v) is 5.20. The number of hydrogen-bond donors (Lipinski definition) is 2. The number of carboxylic acids is 1. The number of unbranched alkanes of at least 4 members (excludes halogenated alkanes) is 4. The minimum Gasteiger partial charge on any atom is -0.479 e. The van der Waals surface area contributed by atoms with E-state index in [1.54, 1.807) is 0 Å². The molecule has 0 saturated heterocycles. The quantitative estimate of drug-likeness (QED) is 0.467. The Labute approximate surface area is 85.4 Å². The van der Waals surface area contributed by atoms with Gasteiger partial charge in [0.15, 0.2) is 6.10 Å². The Balaban J connectivity index is 3.17. The van der Waals surface area contributed by atoms with Crippen LogP contribution in [0.4, 0.5) is 0 Å². The molecule has 0 aliphatic heterocycles. The van der Waals surface area contributed by atoms with Crippen molar-refractivity contribution >= 4 is 5.97 Å². The lowest BCUT2D eigenvalue weighted by molar-refractivity contribution is -0.146. The van der Waals surface area contributed by atoms with Crippen LogP contribution in [0.3, 0.4) is 0 Å². The van der Waals surface area contributed by atoms with Gasteiger partial charge in [0.05, 0.1) is 0 Å². The highest BCUT2D eigenvalue weighted by molar-refractivity contribution is 5.71. The van der Waals surface area contributed by atoms with Gasteiger partial charge in [-0.05, 0) is 26.2 Å². The molecule has 0 aliphatic rings. The molecular weight excluding hydrogens is 180 g/mol. The van der Waals surface area contributed by atoms with Crippen LogP contribution in [0, 0.1) is 0 Å². The maximum Gasteiger partial charge on any atom is 0.332 e. The van der Waals surface area contributed by atoms with E-state index < -0.39 is 12.1 Å². The molecule has 1 atom stereocenters. The molecule has 0 aromatic heterocycles. The Kier molecular flexibility index (Phi) is 8.24. The lowest BCUT2D eigenvalue weighted by Gasteiger charge is -2.04. The summed E-state index contributed by atoms with van der Waals surface area (Å²) in [4.78, 5) is 10.2. The van der Waals surface area contributed by atoms with Crippen LogP contribution in [0.25, 0.3) is 0 Å². The summed E-state index contributed by atoms with van der Waals surface area (Å²) >= 11 is 0. The van der Waals surface area contributed by atoms with E-state index in [4.69, 9.17) is 10.2 Å². The summed E-state index contributed by atoms with van der Waals surface area (Å²) in [7, 11) is 0. The number of aliphatic hydroxyl groups excluding tert-OH is 1. The molecule has 2 N–H and O–H groups in total. The number of carboxylic acid groups (broad SMARTS) is 1. The Bertz CT molecular complexity index is 175. The highest BCUT2D eigenvalue weighted by atomic mass is 16.4. The molecule has 1 unspecified atom stereocenters. The molecule has 0 bridgehead atoms. The zero-order valence-corrected chi connectivity index (χ0v) is 8.78. The van der Waals surface area contributed by atoms with Crippen LogP contribution in [0.5, 0.6) is 0 Å². The summed E-state index contributed by atoms with van der Waals surface area (Å²) in [6.45, 7) is 2.00. The molecule has 0 radical (unpaired) electrons. The number of hydrogen-bond acceptors (Lipinski definition) is 2. The van der Waals surface area contributed by atoms with Gasteiger partial charge in [0.1, 0.15) is 0 Å². The highest BCUT2D eigenvalue weighted by Gasteiger charge is 2.11. The van der Waals surface area contributed by atoms with Gasteiger partial charge >= 0.3 is 5.97 Å². The molecule has 0 saturated carbocycles. The van der Waals surface area contributed by atoms with Crippen LogP contribution >= 0.6 is 0 Å². The van der Waals surface area contributed by atoms with Crippen molar-refractivity contribution in [3.05, 3.63) is 12.2 Å². The Morgan fingerprint density at radius 1 is 1.29 bits per heavy atom. The number of aliphatic hydroxyl groups is 1. The smallest absolute Gasteiger partial charge is 0.332 e. The third-order valence-corrected chi connectivity index (χ3v) is 2.12. The second-order valence-corrected chi connectivity index (χ2v) is 3.41. The summed E-state index contributed by atoms with van der Waals surface area (Å²) in [6.07, 6.45) is 8.51. The average molecular weight is 200 g/mol. The Morgan fingerprint density at radius 2 is 1.93 bits per heavy atom. The predicted molar refractivity (Wildman–Crippen MR) is 56.2 cm³/mol. The average Bonchev–Trinajstić information content (AvgIpc) is 2.16. The van der Waals surface area contributed by atoms with E-state index in [9.17, 15) is 4.79 Å². The van der Waals surface area contributed by atoms with E-state index in [2.05, 4.69) is 6.08 Å². The molecule has 0 fully saturated rings. The van der Waals surface area contributed by atoms with Crippen molar-refractivity contribution in [2.75, 3.05) is 0 Å². The van der Waals surface area contributed by atoms with Crippen LogP contribution in [-0.2, 0) is 4.79 Å². The van der Waals surface area contributed by atoms with Crippen molar-refractivity contribution in [3.8, 4) is 0 Å². The van der Waals surface area contributed by atoms with Crippen molar-refractivity contribution in [1.29, 1.82) is 0 Å².